The van der Waals surface area contributed by atoms with Crippen molar-refractivity contribution in [2.75, 3.05) is 23.8 Å². The van der Waals surface area contributed by atoms with Gasteiger partial charge in [-0.2, -0.15) is 0 Å². The van der Waals surface area contributed by atoms with Crippen LogP contribution in [0.1, 0.15) is 18.2 Å². The molecule has 21 heavy (non-hydrogen) atoms. The van der Waals surface area contributed by atoms with Crippen molar-refractivity contribution in [1.29, 1.82) is 0 Å². The van der Waals surface area contributed by atoms with E-state index in [9.17, 15) is 8.78 Å². The standard InChI is InChI=1S/C14H16BrF2N3S/c1-3-4-18-13-11(16)6-12(17)14(19-13)20(2)7-10-5-9(15)8-21-10/h5-6,8H,3-4,7H2,1-2H3,(H,18,19). The number of hydrogen-bond donors (Lipinski definition) is 1. The molecule has 0 amide bonds. The second-order valence-electron chi connectivity index (χ2n) is 4.64. The Labute approximate surface area is 135 Å². The number of anilines is 2. The van der Waals surface area contributed by atoms with E-state index in [0.29, 0.717) is 13.1 Å². The first-order chi connectivity index (χ1) is 10.0. The monoisotopic (exact) mass is 375 g/mol. The van der Waals surface area contributed by atoms with Crippen LogP contribution < -0.4 is 10.2 Å². The smallest absolute Gasteiger partial charge is 0.168 e. The Kier molecular flexibility index (Phi) is 5.52. The first-order valence-electron chi connectivity index (χ1n) is 6.55. The van der Waals surface area contributed by atoms with Crippen LogP contribution in [0.4, 0.5) is 20.4 Å². The van der Waals surface area contributed by atoms with Crippen LogP contribution in [-0.2, 0) is 6.54 Å². The molecule has 114 valence electrons. The number of rotatable bonds is 6. The van der Waals surface area contributed by atoms with Gasteiger partial charge in [0.1, 0.15) is 0 Å². The zero-order valence-corrected chi connectivity index (χ0v) is 14.2. The summed E-state index contributed by atoms with van der Waals surface area (Å²) in [6, 6.07) is 2.85. The second kappa shape index (κ2) is 7.17. The third-order valence-electron chi connectivity index (χ3n) is 2.83. The highest BCUT2D eigenvalue weighted by Gasteiger charge is 2.15. The summed E-state index contributed by atoms with van der Waals surface area (Å²) in [5.41, 5.74) is 0. The molecule has 1 N–H and O–H groups in total. The van der Waals surface area contributed by atoms with Crippen LogP contribution in [0.5, 0.6) is 0 Å². The average molecular weight is 376 g/mol. The van der Waals surface area contributed by atoms with Gasteiger partial charge in [-0.25, -0.2) is 13.8 Å². The molecule has 2 rings (SSSR count). The minimum absolute atomic E-state index is 0.0902. The van der Waals surface area contributed by atoms with Crippen molar-refractivity contribution >= 4 is 38.9 Å². The lowest BCUT2D eigenvalue weighted by atomic mass is 10.3. The summed E-state index contributed by atoms with van der Waals surface area (Å²) in [5.74, 6) is -1.10. The number of hydrogen-bond acceptors (Lipinski definition) is 4. The molecule has 2 aromatic heterocycles. The molecular formula is C14H16BrF2N3S. The second-order valence-corrected chi connectivity index (χ2v) is 6.55. The predicted octanol–water partition coefficient (Wildman–Crippen LogP) is 4.64. The summed E-state index contributed by atoms with van der Waals surface area (Å²) < 4.78 is 28.6. The minimum atomic E-state index is -0.669. The molecule has 0 saturated carbocycles. The zero-order valence-electron chi connectivity index (χ0n) is 11.8. The molecule has 0 radical (unpaired) electrons. The first-order valence-corrected chi connectivity index (χ1v) is 8.22. The quantitative estimate of drug-likeness (QED) is 0.796. The Morgan fingerprint density at radius 1 is 1.33 bits per heavy atom. The maximum absolute atomic E-state index is 13.9. The molecule has 7 heteroatoms. The van der Waals surface area contributed by atoms with Crippen molar-refractivity contribution in [1.82, 2.24) is 4.98 Å². The van der Waals surface area contributed by atoms with E-state index < -0.39 is 11.6 Å². The van der Waals surface area contributed by atoms with Gasteiger partial charge < -0.3 is 10.2 Å². The van der Waals surface area contributed by atoms with Gasteiger partial charge in [-0.1, -0.05) is 6.92 Å². The Bertz CT molecular complexity index is 618. The molecule has 0 aliphatic rings. The molecule has 3 nitrogen and oxygen atoms in total. The van der Waals surface area contributed by atoms with E-state index in [0.717, 1.165) is 21.8 Å². The molecule has 2 aromatic rings. The third kappa shape index (κ3) is 4.14. The molecule has 0 fully saturated rings. The van der Waals surface area contributed by atoms with Crippen LogP contribution in [0.2, 0.25) is 0 Å². The molecule has 2 heterocycles. The fourth-order valence-electron chi connectivity index (χ4n) is 1.84. The van der Waals surface area contributed by atoms with Crippen LogP contribution >= 0.6 is 27.3 Å². The van der Waals surface area contributed by atoms with Crippen molar-refractivity contribution in [3.05, 3.63) is 38.5 Å². The summed E-state index contributed by atoms with van der Waals surface area (Å²) in [4.78, 5) is 6.81. The van der Waals surface area contributed by atoms with Gasteiger partial charge in [0.2, 0.25) is 0 Å². The molecule has 0 aromatic carbocycles. The summed E-state index contributed by atoms with van der Waals surface area (Å²) >= 11 is 4.96. The van der Waals surface area contributed by atoms with Gasteiger partial charge in [-0.05, 0) is 28.4 Å². The fraction of sp³-hybridized carbons (Fsp3) is 0.357. The van der Waals surface area contributed by atoms with Crippen molar-refractivity contribution in [2.45, 2.75) is 19.9 Å². The van der Waals surface area contributed by atoms with E-state index in [-0.39, 0.29) is 11.6 Å². The molecule has 0 aliphatic heterocycles. The maximum atomic E-state index is 13.9. The Hall–Kier alpha value is -1.21. The van der Waals surface area contributed by atoms with Crippen LogP contribution in [0.25, 0.3) is 0 Å². The first kappa shape index (κ1) is 16.2. The molecule has 0 bridgehead atoms. The summed E-state index contributed by atoms with van der Waals surface area (Å²) in [5, 5.41) is 4.83. The predicted molar refractivity (Wildman–Crippen MR) is 87.1 cm³/mol. The fourth-order valence-corrected chi connectivity index (χ4v) is 3.34. The number of nitrogens with zero attached hydrogens (tertiary/aromatic N) is 2. The highest BCUT2D eigenvalue weighted by molar-refractivity contribution is 9.10. The maximum Gasteiger partial charge on any atom is 0.168 e. The van der Waals surface area contributed by atoms with E-state index in [1.807, 2.05) is 18.4 Å². The van der Waals surface area contributed by atoms with Crippen molar-refractivity contribution in [3.8, 4) is 0 Å². The number of nitrogens with one attached hydrogen (secondary N) is 1. The summed E-state index contributed by atoms with van der Waals surface area (Å²) in [6.07, 6.45) is 0.840. The Morgan fingerprint density at radius 3 is 2.71 bits per heavy atom. The molecule has 0 atom stereocenters. The Balaban J connectivity index is 2.20. The van der Waals surface area contributed by atoms with Crippen LogP contribution in [0.3, 0.4) is 0 Å². The largest absolute Gasteiger partial charge is 0.368 e. The highest BCUT2D eigenvalue weighted by atomic mass is 79.9. The Morgan fingerprint density at radius 2 is 2.10 bits per heavy atom. The van der Waals surface area contributed by atoms with Crippen LogP contribution in [-0.4, -0.2) is 18.6 Å². The third-order valence-corrected chi connectivity index (χ3v) is 4.51. The lowest BCUT2D eigenvalue weighted by Gasteiger charge is -2.19. The number of pyridine rings is 1. The molecular weight excluding hydrogens is 360 g/mol. The van der Waals surface area contributed by atoms with Crippen LogP contribution in [0.15, 0.2) is 22.0 Å². The van der Waals surface area contributed by atoms with Crippen molar-refractivity contribution < 1.29 is 8.78 Å². The minimum Gasteiger partial charge on any atom is -0.368 e. The van der Waals surface area contributed by atoms with Crippen molar-refractivity contribution in [2.24, 2.45) is 0 Å². The highest BCUT2D eigenvalue weighted by Crippen LogP contribution is 2.25. The number of thiophene rings is 1. The van der Waals surface area contributed by atoms with E-state index in [4.69, 9.17) is 0 Å². The van der Waals surface area contributed by atoms with Gasteiger partial charge in [-0.3, -0.25) is 0 Å². The molecule has 0 unspecified atom stereocenters. The lowest BCUT2D eigenvalue weighted by Crippen LogP contribution is -2.20. The lowest BCUT2D eigenvalue weighted by molar-refractivity contribution is 0.572. The average Bonchev–Trinajstić information content (AvgIpc) is 2.83. The number of halogens is 3. The van der Waals surface area contributed by atoms with Gasteiger partial charge in [-0.15, -0.1) is 11.3 Å². The summed E-state index contributed by atoms with van der Waals surface area (Å²) in [6.45, 7) is 3.08. The van der Waals surface area contributed by atoms with Crippen LogP contribution in [0, 0.1) is 11.6 Å². The topological polar surface area (TPSA) is 28.2 Å². The van der Waals surface area contributed by atoms with Gasteiger partial charge in [0, 0.05) is 34.4 Å². The van der Waals surface area contributed by atoms with Crippen molar-refractivity contribution in [3.63, 3.8) is 0 Å². The SMILES string of the molecule is CCCNc1nc(N(C)Cc2cc(Br)cs2)c(F)cc1F. The van der Waals surface area contributed by atoms with Gasteiger partial charge in [0.25, 0.3) is 0 Å². The van der Waals surface area contributed by atoms with E-state index in [2.05, 4.69) is 26.2 Å². The normalized spacial score (nSPS) is 10.7. The van der Waals surface area contributed by atoms with Gasteiger partial charge >= 0.3 is 0 Å². The van der Waals surface area contributed by atoms with Gasteiger partial charge in [0.15, 0.2) is 23.3 Å². The van der Waals surface area contributed by atoms with E-state index in [1.54, 1.807) is 23.3 Å². The zero-order chi connectivity index (χ0) is 15.4. The summed E-state index contributed by atoms with van der Waals surface area (Å²) in [7, 11) is 1.74. The van der Waals surface area contributed by atoms with E-state index >= 15 is 0 Å². The molecule has 0 saturated heterocycles. The molecule has 0 aliphatic carbocycles. The van der Waals surface area contributed by atoms with E-state index in [1.165, 1.54) is 0 Å². The van der Waals surface area contributed by atoms with Gasteiger partial charge in [0.05, 0.1) is 6.54 Å². The molecule has 0 spiro atoms. The number of aromatic nitrogens is 1.